The summed E-state index contributed by atoms with van der Waals surface area (Å²) in [7, 11) is 0. The van der Waals surface area contributed by atoms with Crippen LogP contribution in [0.1, 0.15) is 10.5 Å². The predicted molar refractivity (Wildman–Crippen MR) is 112 cm³/mol. The number of rotatable bonds is 3. The molecule has 0 aliphatic rings. The third-order valence-electron chi connectivity index (χ3n) is 4.89. The van der Waals surface area contributed by atoms with Gasteiger partial charge in [0.15, 0.2) is 0 Å². The molecule has 0 fully saturated rings. The molecule has 0 N–H and O–H groups in total. The van der Waals surface area contributed by atoms with Gasteiger partial charge in [-0.1, -0.05) is 54.6 Å². The molecule has 5 rings (SSSR count). The monoisotopic (exact) mass is 387 g/mol. The first kappa shape index (κ1) is 19.4. The van der Waals surface area contributed by atoms with E-state index in [2.05, 4.69) is 52.8 Å². The van der Waals surface area contributed by atoms with Crippen LogP contribution in [-0.2, 0) is 0 Å². The number of aromatic carboxylic acids is 1. The zero-order valence-electron chi connectivity index (χ0n) is 15.8. The number of carbonyl (C=O) groups is 1. The molecule has 0 aliphatic heterocycles. The average Bonchev–Trinajstić information content (AvgIpc) is 3.27. The van der Waals surface area contributed by atoms with E-state index in [0.29, 0.717) is 5.52 Å². The summed E-state index contributed by atoms with van der Waals surface area (Å²) in [6.07, 6.45) is 0. The fourth-order valence-corrected chi connectivity index (χ4v) is 4.31. The number of thiophene rings is 1. The maximum Gasteiger partial charge on any atom is 1.00 e. The molecule has 0 atom stereocenters. The van der Waals surface area contributed by atoms with Crippen LogP contribution in [0.15, 0.2) is 84.2 Å². The summed E-state index contributed by atoms with van der Waals surface area (Å²) < 4.78 is 0. The Hall–Kier alpha value is -2.90. The molecule has 0 spiro atoms. The number of nitrogens with zero attached hydrogens (tertiary/aromatic N) is 1. The zero-order valence-corrected chi connectivity index (χ0v) is 16.6. The molecule has 2 aromatic heterocycles. The fourth-order valence-electron chi connectivity index (χ4n) is 3.60. The van der Waals surface area contributed by atoms with E-state index in [1.807, 2.05) is 24.3 Å². The number of hydrogen-bond donors (Lipinski definition) is 0. The van der Waals surface area contributed by atoms with Crippen molar-refractivity contribution in [3.63, 3.8) is 0 Å². The van der Waals surface area contributed by atoms with Crippen molar-refractivity contribution in [1.29, 1.82) is 0 Å². The van der Waals surface area contributed by atoms with Gasteiger partial charge in [0.05, 0.1) is 17.2 Å². The first-order valence-electron chi connectivity index (χ1n) is 8.89. The topological polar surface area (TPSA) is 53.0 Å². The summed E-state index contributed by atoms with van der Waals surface area (Å²) in [5.41, 5.74) is 3.65. The first-order valence-corrected chi connectivity index (χ1v) is 9.77. The van der Waals surface area contributed by atoms with E-state index in [0.717, 1.165) is 37.7 Å². The second kappa shape index (κ2) is 7.85. The van der Waals surface area contributed by atoms with Gasteiger partial charge >= 0.3 is 18.9 Å². The smallest absolute Gasteiger partial charge is 0.543 e. The minimum Gasteiger partial charge on any atom is -0.543 e. The number of carboxylic acid groups (broad SMARTS) is 1. The van der Waals surface area contributed by atoms with Gasteiger partial charge < -0.3 is 9.90 Å². The van der Waals surface area contributed by atoms with Gasteiger partial charge in [-0.25, -0.2) is 4.98 Å². The molecule has 3 aromatic carbocycles. The van der Waals surface area contributed by atoms with E-state index in [1.54, 1.807) is 17.4 Å². The molecule has 0 amide bonds. The van der Waals surface area contributed by atoms with Crippen LogP contribution in [0.5, 0.6) is 0 Å². The number of hydrogen-bond acceptors (Lipinski definition) is 4. The molecule has 134 valence electrons. The molecule has 0 unspecified atom stereocenters. The standard InChI is InChI=1S/C24H15NO2S.Li/c26-24(27)21-11-10-16-13-17(22-9-4-12-28-22)14-20(23(16)25-21)19-8-3-6-15-5-1-2-7-18(15)19;/h1-14H,(H,26,27);/q;+1/p-1. The summed E-state index contributed by atoms with van der Waals surface area (Å²) >= 11 is 1.68. The predicted octanol–water partition coefficient (Wildman–Crippen LogP) is 2.15. The Morgan fingerprint density at radius 2 is 1.66 bits per heavy atom. The van der Waals surface area contributed by atoms with E-state index >= 15 is 0 Å². The molecule has 0 radical (unpaired) electrons. The molecule has 5 heteroatoms. The third kappa shape index (κ3) is 3.47. The second-order valence-corrected chi connectivity index (χ2v) is 7.53. The van der Waals surface area contributed by atoms with Crippen LogP contribution < -0.4 is 24.0 Å². The van der Waals surface area contributed by atoms with Crippen molar-refractivity contribution in [2.75, 3.05) is 0 Å². The van der Waals surface area contributed by atoms with E-state index in [-0.39, 0.29) is 24.6 Å². The van der Waals surface area contributed by atoms with Gasteiger partial charge in [-0.2, -0.15) is 0 Å². The summed E-state index contributed by atoms with van der Waals surface area (Å²) in [6, 6.07) is 25.9. The molecular formula is C24H14LiNO2S. The van der Waals surface area contributed by atoms with Crippen LogP contribution in [0, 0.1) is 0 Å². The van der Waals surface area contributed by atoms with Gasteiger partial charge in [-0.3, -0.25) is 0 Å². The molecule has 0 aliphatic carbocycles. The Morgan fingerprint density at radius 3 is 2.45 bits per heavy atom. The van der Waals surface area contributed by atoms with Crippen LogP contribution in [-0.4, -0.2) is 11.0 Å². The number of pyridine rings is 1. The maximum absolute atomic E-state index is 11.4. The van der Waals surface area contributed by atoms with Crippen molar-refractivity contribution in [3.8, 4) is 21.6 Å². The van der Waals surface area contributed by atoms with Crippen LogP contribution in [0.4, 0.5) is 0 Å². The number of aromatic nitrogens is 1. The number of fused-ring (bicyclic) bond motifs is 2. The molecule has 2 heterocycles. The van der Waals surface area contributed by atoms with Gasteiger partial charge in [0.2, 0.25) is 0 Å². The summed E-state index contributed by atoms with van der Waals surface area (Å²) in [4.78, 5) is 17.0. The average molecular weight is 387 g/mol. The minimum absolute atomic E-state index is 0. The van der Waals surface area contributed by atoms with E-state index < -0.39 is 5.97 Å². The molecule has 0 saturated carbocycles. The third-order valence-corrected chi connectivity index (χ3v) is 5.81. The summed E-state index contributed by atoms with van der Waals surface area (Å²) in [6.45, 7) is 0. The number of carboxylic acids is 1. The second-order valence-electron chi connectivity index (χ2n) is 6.58. The largest absolute Gasteiger partial charge is 1.00 e. The van der Waals surface area contributed by atoms with Crippen LogP contribution in [0.3, 0.4) is 0 Å². The van der Waals surface area contributed by atoms with Crippen molar-refractivity contribution in [2.45, 2.75) is 0 Å². The molecule has 0 bridgehead atoms. The van der Waals surface area contributed by atoms with Crippen molar-refractivity contribution in [1.82, 2.24) is 4.98 Å². The molecule has 0 saturated heterocycles. The summed E-state index contributed by atoms with van der Waals surface area (Å²) in [5, 5.41) is 16.6. The van der Waals surface area contributed by atoms with E-state index in [9.17, 15) is 9.90 Å². The molecule has 29 heavy (non-hydrogen) atoms. The first-order chi connectivity index (χ1) is 13.7. The van der Waals surface area contributed by atoms with Gasteiger partial charge in [-0.15, -0.1) is 11.3 Å². The van der Waals surface area contributed by atoms with Crippen LogP contribution in [0.25, 0.3) is 43.2 Å². The molecule has 3 nitrogen and oxygen atoms in total. The number of benzene rings is 3. The van der Waals surface area contributed by atoms with Crippen molar-refractivity contribution < 1.29 is 28.8 Å². The van der Waals surface area contributed by atoms with Crippen LogP contribution in [0.2, 0.25) is 0 Å². The van der Waals surface area contributed by atoms with Crippen molar-refractivity contribution in [2.24, 2.45) is 0 Å². The van der Waals surface area contributed by atoms with Crippen molar-refractivity contribution in [3.05, 3.63) is 89.9 Å². The Kier molecular flexibility index (Phi) is 5.25. The van der Waals surface area contributed by atoms with Crippen LogP contribution >= 0.6 is 11.3 Å². The zero-order chi connectivity index (χ0) is 19.1. The van der Waals surface area contributed by atoms with Gasteiger partial charge in [-0.05, 0) is 51.5 Å². The maximum atomic E-state index is 11.4. The quantitative estimate of drug-likeness (QED) is 0.446. The minimum atomic E-state index is -1.27. The van der Waals surface area contributed by atoms with E-state index in [1.165, 1.54) is 6.07 Å². The van der Waals surface area contributed by atoms with Gasteiger partial charge in [0.1, 0.15) is 0 Å². The Balaban J connectivity index is 0.00000205. The molecule has 5 aromatic rings. The normalized spacial score (nSPS) is 10.8. The van der Waals surface area contributed by atoms with E-state index in [4.69, 9.17) is 0 Å². The van der Waals surface area contributed by atoms with Gasteiger partial charge in [0, 0.05) is 15.8 Å². The Labute approximate surface area is 183 Å². The SMILES string of the molecule is O=C([O-])c1ccc2cc(-c3cccs3)cc(-c3cccc4ccccc34)c2n1.[Li+]. The fraction of sp³-hybridized carbons (Fsp3) is 0. The van der Waals surface area contributed by atoms with Gasteiger partial charge in [0.25, 0.3) is 0 Å². The van der Waals surface area contributed by atoms with Crippen molar-refractivity contribution >= 4 is 39.0 Å². The number of carbonyl (C=O) groups excluding carboxylic acids is 1. The summed E-state index contributed by atoms with van der Waals surface area (Å²) in [5.74, 6) is -1.27. The Bertz CT molecular complexity index is 1340. The Morgan fingerprint density at radius 1 is 0.828 bits per heavy atom. The molecular weight excluding hydrogens is 373 g/mol.